The lowest BCUT2D eigenvalue weighted by Crippen LogP contribution is -2.12. The van der Waals surface area contributed by atoms with E-state index >= 15 is 0 Å². The Bertz CT molecular complexity index is 670. The summed E-state index contributed by atoms with van der Waals surface area (Å²) >= 11 is 3.31. The van der Waals surface area contributed by atoms with Gasteiger partial charge in [0.1, 0.15) is 5.82 Å². The van der Waals surface area contributed by atoms with Gasteiger partial charge in [-0.25, -0.2) is 13.9 Å². The van der Waals surface area contributed by atoms with Gasteiger partial charge in [0.15, 0.2) is 5.69 Å². The fraction of sp³-hybridized carbons (Fsp3) is 0.357. The predicted octanol–water partition coefficient (Wildman–Crippen LogP) is 3.14. The highest BCUT2D eigenvalue weighted by molar-refractivity contribution is 9.10. The SMILES string of the molecule is COC(=O)c1nnn(Cc2cc(Br)ccc2F)c1C(C)C. The minimum atomic E-state index is -0.542. The van der Waals surface area contributed by atoms with Gasteiger partial charge in [-0.1, -0.05) is 35.0 Å². The third-order valence-corrected chi connectivity index (χ3v) is 3.52. The molecule has 0 atom stereocenters. The van der Waals surface area contributed by atoms with Crippen LogP contribution in [0.15, 0.2) is 22.7 Å². The summed E-state index contributed by atoms with van der Waals surface area (Å²) in [7, 11) is 1.29. The molecule has 0 fully saturated rings. The molecule has 0 aliphatic carbocycles. The fourth-order valence-corrected chi connectivity index (χ4v) is 2.49. The maximum atomic E-state index is 13.8. The molecule has 0 unspecified atom stereocenters. The van der Waals surface area contributed by atoms with Gasteiger partial charge in [-0.05, 0) is 24.1 Å². The summed E-state index contributed by atoms with van der Waals surface area (Å²) in [5, 5.41) is 7.82. The second-order valence-electron chi connectivity index (χ2n) is 4.86. The molecule has 0 aliphatic rings. The Morgan fingerprint density at radius 2 is 2.19 bits per heavy atom. The van der Waals surface area contributed by atoms with Gasteiger partial charge in [0.2, 0.25) is 0 Å². The molecule has 2 rings (SSSR count). The second kappa shape index (κ2) is 6.34. The quantitative estimate of drug-likeness (QED) is 0.790. The Morgan fingerprint density at radius 3 is 2.81 bits per heavy atom. The van der Waals surface area contributed by atoms with E-state index in [0.29, 0.717) is 11.3 Å². The Balaban J connectivity index is 2.43. The normalized spacial score (nSPS) is 11.0. The molecular formula is C14H15BrFN3O2. The van der Waals surface area contributed by atoms with Crippen LogP contribution in [0.3, 0.4) is 0 Å². The van der Waals surface area contributed by atoms with Crippen LogP contribution >= 0.6 is 15.9 Å². The average Bonchev–Trinajstić information content (AvgIpc) is 2.86. The molecule has 0 spiro atoms. The van der Waals surface area contributed by atoms with E-state index in [1.165, 1.54) is 17.9 Å². The smallest absolute Gasteiger partial charge is 0.360 e. The lowest BCUT2D eigenvalue weighted by Gasteiger charge is -2.11. The number of esters is 1. The van der Waals surface area contributed by atoms with E-state index in [9.17, 15) is 9.18 Å². The van der Waals surface area contributed by atoms with E-state index in [1.807, 2.05) is 13.8 Å². The van der Waals surface area contributed by atoms with Crippen molar-refractivity contribution in [2.24, 2.45) is 0 Å². The van der Waals surface area contributed by atoms with E-state index in [-0.39, 0.29) is 24.0 Å². The second-order valence-corrected chi connectivity index (χ2v) is 5.78. The summed E-state index contributed by atoms with van der Waals surface area (Å²) in [5.74, 6) is -0.869. The Labute approximate surface area is 130 Å². The maximum Gasteiger partial charge on any atom is 0.360 e. The summed E-state index contributed by atoms with van der Waals surface area (Å²) < 4.78 is 20.8. The predicted molar refractivity (Wildman–Crippen MR) is 78.7 cm³/mol. The number of methoxy groups -OCH3 is 1. The number of halogens is 2. The number of ether oxygens (including phenoxy) is 1. The van der Waals surface area contributed by atoms with Crippen molar-refractivity contribution in [1.82, 2.24) is 15.0 Å². The van der Waals surface area contributed by atoms with Crippen LogP contribution in [0.25, 0.3) is 0 Å². The van der Waals surface area contributed by atoms with E-state index in [2.05, 4.69) is 26.2 Å². The molecule has 0 bridgehead atoms. The van der Waals surface area contributed by atoms with Gasteiger partial charge in [-0.2, -0.15) is 0 Å². The molecule has 0 aliphatic heterocycles. The first-order chi connectivity index (χ1) is 9.93. The number of carbonyl (C=O) groups is 1. The number of carbonyl (C=O) groups excluding carboxylic acids is 1. The van der Waals surface area contributed by atoms with Crippen LogP contribution in [0.1, 0.15) is 41.5 Å². The first-order valence-corrected chi connectivity index (χ1v) is 7.19. The highest BCUT2D eigenvalue weighted by Gasteiger charge is 2.23. The molecule has 1 heterocycles. The number of nitrogens with zero attached hydrogens (tertiary/aromatic N) is 3. The molecule has 1 aromatic carbocycles. The zero-order valence-electron chi connectivity index (χ0n) is 11.9. The monoisotopic (exact) mass is 355 g/mol. The van der Waals surface area contributed by atoms with Gasteiger partial charge >= 0.3 is 5.97 Å². The van der Waals surface area contributed by atoms with Crippen LogP contribution in [0.5, 0.6) is 0 Å². The number of rotatable bonds is 4. The van der Waals surface area contributed by atoms with Crippen molar-refractivity contribution >= 4 is 21.9 Å². The average molecular weight is 356 g/mol. The summed E-state index contributed by atoms with van der Waals surface area (Å²) in [6, 6.07) is 4.69. The summed E-state index contributed by atoms with van der Waals surface area (Å²) in [6.07, 6.45) is 0. The third kappa shape index (κ3) is 3.29. The van der Waals surface area contributed by atoms with Crippen molar-refractivity contribution in [1.29, 1.82) is 0 Å². The summed E-state index contributed by atoms with van der Waals surface area (Å²) in [5.41, 5.74) is 1.26. The zero-order chi connectivity index (χ0) is 15.6. The highest BCUT2D eigenvalue weighted by atomic mass is 79.9. The molecule has 0 saturated heterocycles. The van der Waals surface area contributed by atoms with Crippen molar-refractivity contribution in [2.75, 3.05) is 7.11 Å². The van der Waals surface area contributed by atoms with Crippen LogP contribution in [-0.4, -0.2) is 28.1 Å². The Kier molecular flexibility index (Phi) is 4.72. The van der Waals surface area contributed by atoms with Gasteiger partial charge in [-0.15, -0.1) is 5.10 Å². The lowest BCUT2D eigenvalue weighted by atomic mass is 10.1. The first-order valence-electron chi connectivity index (χ1n) is 6.39. The van der Waals surface area contributed by atoms with Crippen LogP contribution < -0.4 is 0 Å². The molecule has 0 N–H and O–H groups in total. The molecule has 0 amide bonds. The molecule has 7 heteroatoms. The standard InChI is InChI=1S/C14H15BrFN3O2/c1-8(2)13-12(14(20)21-3)17-18-19(13)7-9-6-10(15)4-5-11(9)16/h4-6,8H,7H2,1-3H3. The highest BCUT2D eigenvalue weighted by Crippen LogP contribution is 2.21. The maximum absolute atomic E-state index is 13.8. The van der Waals surface area contributed by atoms with Gasteiger partial charge in [0, 0.05) is 10.0 Å². The van der Waals surface area contributed by atoms with Crippen molar-refractivity contribution in [3.8, 4) is 0 Å². The van der Waals surface area contributed by atoms with Gasteiger partial charge < -0.3 is 4.74 Å². The lowest BCUT2D eigenvalue weighted by molar-refractivity contribution is 0.0592. The summed E-state index contributed by atoms with van der Waals surface area (Å²) in [6.45, 7) is 4.03. The van der Waals surface area contributed by atoms with Gasteiger partial charge in [0.25, 0.3) is 0 Å². The van der Waals surface area contributed by atoms with Crippen molar-refractivity contribution in [3.05, 3.63) is 45.4 Å². The van der Waals surface area contributed by atoms with Crippen molar-refractivity contribution in [3.63, 3.8) is 0 Å². The van der Waals surface area contributed by atoms with E-state index in [4.69, 9.17) is 4.74 Å². The van der Waals surface area contributed by atoms with Crippen molar-refractivity contribution < 1.29 is 13.9 Å². The van der Waals surface area contributed by atoms with Crippen molar-refractivity contribution in [2.45, 2.75) is 26.3 Å². The number of hydrogen-bond acceptors (Lipinski definition) is 4. The molecule has 1 aromatic heterocycles. The number of aromatic nitrogens is 3. The molecule has 0 saturated carbocycles. The van der Waals surface area contributed by atoms with Crippen LogP contribution in [0.4, 0.5) is 4.39 Å². The van der Waals surface area contributed by atoms with Gasteiger partial charge in [0.05, 0.1) is 19.3 Å². The molecule has 112 valence electrons. The molecule has 2 aromatic rings. The van der Waals surface area contributed by atoms with Crippen LogP contribution in [0, 0.1) is 5.82 Å². The van der Waals surface area contributed by atoms with E-state index in [0.717, 1.165) is 4.47 Å². The van der Waals surface area contributed by atoms with E-state index < -0.39 is 5.97 Å². The van der Waals surface area contributed by atoms with E-state index in [1.54, 1.807) is 12.1 Å². The number of benzene rings is 1. The first kappa shape index (κ1) is 15.6. The minimum Gasteiger partial charge on any atom is -0.464 e. The molecule has 21 heavy (non-hydrogen) atoms. The zero-order valence-corrected chi connectivity index (χ0v) is 13.5. The topological polar surface area (TPSA) is 57.0 Å². The Hall–Kier alpha value is -1.76. The number of hydrogen-bond donors (Lipinski definition) is 0. The van der Waals surface area contributed by atoms with Gasteiger partial charge in [-0.3, -0.25) is 0 Å². The third-order valence-electron chi connectivity index (χ3n) is 3.03. The minimum absolute atomic E-state index is 0.00399. The fourth-order valence-electron chi connectivity index (χ4n) is 2.08. The molecule has 5 nitrogen and oxygen atoms in total. The molecular weight excluding hydrogens is 341 g/mol. The van der Waals surface area contributed by atoms with Crippen LogP contribution in [-0.2, 0) is 11.3 Å². The molecule has 0 radical (unpaired) electrons. The summed E-state index contributed by atoms with van der Waals surface area (Å²) in [4.78, 5) is 11.7. The van der Waals surface area contributed by atoms with Crippen LogP contribution in [0.2, 0.25) is 0 Å². The Morgan fingerprint density at radius 1 is 1.48 bits per heavy atom. The largest absolute Gasteiger partial charge is 0.464 e.